The highest BCUT2D eigenvalue weighted by Crippen LogP contribution is 2.43. The van der Waals surface area contributed by atoms with Gasteiger partial charge in [0.25, 0.3) is 5.69 Å². The third kappa shape index (κ3) is 4.26. The van der Waals surface area contributed by atoms with Crippen molar-refractivity contribution in [1.29, 1.82) is 0 Å². The molecule has 1 heterocycles. The van der Waals surface area contributed by atoms with Gasteiger partial charge >= 0.3 is 0 Å². The molecule has 0 aromatic heterocycles. The number of benzene rings is 2. The van der Waals surface area contributed by atoms with E-state index in [-0.39, 0.29) is 19.1 Å². The topological polar surface area (TPSA) is 126 Å². The molecule has 0 spiro atoms. The molecule has 0 saturated heterocycles. The lowest BCUT2D eigenvalue weighted by atomic mass is 10.1. The number of nitrogens with one attached hydrogen (secondary N) is 1. The van der Waals surface area contributed by atoms with E-state index >= 15 is 0 Å². The predicted molar refractivity (Wildman–Crippen MR) is 95.5 cm³/mol. The van der Waals surface area contributed by atoms with Gasteiger partial charge in [-0.05, 0) is 18.6 Å². The number of non-ortho nitro benzene ring substituents is 1. The molecule has 1 aliphatic heterocycles. The second-order valence-corrected chi connectivity index (χ2v) is 6.01. The molecular weight excluding hydrogens is 354 g/mol. The number of amides is 1. The minimum atomic E-state index is -0.479. The number of nitro groups is 1. The minimum Gasteiger partial charge on any atom is -0.485 e. The van der Waals surface area contributed by atoms with E-state index < -0.39 is 16.9 Å². The molecule has 0 bridgehead atoms. The van der Waals surface area contributed by atoms with E-state index in [9.17, 15) is 14.9 Å². The van der Waals surface area contributed by atoms with Crippen molar-refractivity contribution < 1.29 is 23.9 Å². The Morgan fingerprint density at radius 2 is 2.11 bits per heavy atom. The molecule has 9 heteroatoms. The smallest absolute Gasteiger partial charge is 0.269 e. The Morgan fingerprint density at radius 1 is 1.33 bits per heavy atom. The van der Waals surface area contributed by atoms with Crippen LogP contribution in [0.25, 0.3) is 0 Å². The summed E-state index contributed by atoms with van der Waals surface area (Å²) >= 11 is 0. The summed E-state index contributed by atoms with van der Waals surface area (Å²) < 4.78 is 16.8. The van der Waals surface area contributed by atoms with E-state index in [0.717, 1.165) is 5.56 Å². The van der Waals surface area contributed by atoms with Crippen molar-refractivity contribution in [3.63, 3.8) is 0 Å². The van der Waals surface area contributed by atoms with Crippen LogP contribution in [-0.2, 0) is 17.9 Å². The van der Waals surface area contributed by atoms with E-state index in [1.54, 1.807) is 31.2 Å². The van der Waals surface area contributed by atoms with Gasteiger partial charge in [-0.2, -0.15) is 0 Å². The van der Waals surface area contributed by atoms with E-state index in [2.05, 4.69) is 5.32 Å². The third-order valence-corrected chi connectivity index (χ3v) is 4.11. The summed E-state index contributed by atoms with van der Waals surface area (Å²) in [6, 6.07) is 9.29. The Bertz CT molecular complexity index is 870. The van der Waals surface area contributed by atoms with Gasteiger partial charge in [-0.25, -0.2) is 0 Å². The van der Waals surface area contributed by atoms with Crippen LogP contribution in [-0.4, -0.2) is 23.7 Å². The molecule has 1 atom stereocenters. The largest absolute Gasteiger partial charge is 0.485 e. The van der Waals surface area contributed by atoms with Crippen molar-refractivity contribution >= 4 is 11.6 Å². The van der Waals surface area contributed by atoms with Crippen LogP contribution in [0.4, 0.5) is 5.69 Å². The maximum absolute atomic E-state index is 11.1. The van der Waals surface area contributed by atoms with Crippen molar-refractivity contribution in [2.24, 2.45) is 5.73 Å². The summed E-state index contributed by atoms with van der Waals surface area (Å²) in [6.45, 7) is 2.26. The molecule has 0 radical (unpaired) electrons. The number of nitro benzene ring substituents is 1. The molecule has 3 rings (SSSR count). The normalized spacial score (nSPS) is 13.2. The van der Waals surface area contributed by atoms with Crippen LogP contribution in [0.15, 0.2) is 36.4 Å². The van der Waals surface area contributed by atoms with Gasteiger partial charge < -0.3 is 25.3 Å². The lowest BCUT2D eigenvalue weighted by Crippen LogP contribution is -2.38. The van der Waals surface area contributed by atoms with E-state index in [4.69, 9.17) is 19.9 Å². The van der Waals surface area contributed by atoms with Crippen LogP contribution in [0.5, 0.6) is 17.2 Å². The van der Waals surface area contributed by atoms with Crippen LogP contribution in [0.2, 0.25) is 0 Å². The van der Waals surface area contributed by atoms with Gasteiger partial charge in [0.2, 0.25) is 18.4 Å². The van der Waals surface area contributed by atoms with Gasteiger partial charge in [-0.15, -0.1) is 0 Å². The first-order valence-corrected chi connectivity index (χ1v) is 8.26. The van der Waals surface area contributed by atoms with Crippen molar-refractivity contribution in [2.45, 2.75) is 26.1 Å². The fourth-order valence-corrected chi connectivity index (χ4v) is 2.57. The first-order chi connectivity index (χ1) is 13.0. The van der Waals surface area contributed by atoms with Gasteiger partial charge in [-0.1, -0.05) is 18.2 Å². The number of rotatable bonds is 8. The van der Waals surface area contributed by atoms with Gasteiger partial charge in [0.15, 0.2) is 11.5 Å². The number of primary amides is 1. The molecule has 27 heavy (non-hydrogen) atoms. The minimum absolute atomic E-state index is 0.00547. The molecule has 3 N–H and O–H groups in total. The molecule has 1 amide bonds. The standard InChI is InChI=1S/C18H19N3O6/c1-11(18(19)22)20-8-13-5-6-15(17-16(13)26-10-27-17)25-9-12-3-2-4-14(7-12)21(23)24/h2-7,11,20H,8-10H2,1H3,(H2,19,22). The summed E-state index contributed by atoms with van der Waals surface area (Å²) in [5.74, 6) is 1.03. The molecule has 142 valence electrons. The number of ether oxygens (including phenoxy) is 3. The maximum Gasteiger partial charge on any atom is 0.269 e. The molecule has 9 nitrogen and oxygen atoms in total. The number of carbonyl (C=O) groups excluding carboxylic acids is 1. The zero-order chi connectivity index (χ0) is 19.4. The Labute approximate surface area is 155 Å². The fourth-order valence-electron chi connectivity index (χ4n) is 2.57. The monoisotopic (exact) mass is 373 g/mol. The van der Waals surface area contributed by atoms with Crippen LogP contribution in [0.1, 0.15) is 18.1 Å². The number of nitrogens with zero attached hydrogens (tertiary/aromatic N) is 1. The van der Waals surface area contributed by atoms with E-state index in [1.807, 2.05) is 0 Å². The molecule has 1 unspecified atom stereocenters. The third-order valence-electron chi connectivity index (χ3n) is 4.11. The van der Waals surface area contributed by atoms with Crippen LogP contribution in [0, 0.1) is 10.1 Å². The summed E-state index contributed by atoms with van der Waals surface area (Å²) in [7, 11) is 0. The summed E-state index contributed by atoms with van der Waals surface area (Å²) in [5.41, 5.74) is 6.72. The van der Waals surface area contributed by atoms with Crippen molar-refractivity contribution in [3.8, 4) is 17.2 Å². The van der Waals surface area contributed by atoms with Gasteiger partial charge in [0.05, 0.1) is 11.0 Å². The molecule has 2 aromatic carbocycles. The molecular formula is C18H19N3O6. The molecule has 0 fully saturated rings. The molecule has 1 aliphatic rings. The van der Waals surface area contributed by atoms with Crippen LogP contribution in [0.3, 0.4) is 0 Å². The summed E-state index contributed by atoms with van der Waals surface area (Å²) in [6.07, 6.45) is 0. The summed E-state index contributed by atoms with van der Waals surface area (Å²) in [5, 5.41) is 13.9. The first-order valence-electron chi connectivity index (χ1n) is 8.26. The zero-order valence-electron chi connectivity index (χ0n) is 14.6. The fraction of sp³-hybridized carbons (Fsp3) is 0.278. The van der Waals surface area contributed by atoms with Crippen molar-refractivity contribution in [3.05, 3.63) is 57.6 Å². The average molecular weight is 373 g/mol. The Kier molecular flexibility index (Phi) is 5.41. The number of hydrogen-bond acceptors (Lipinski definition) is 7. The number of fused-ring (bicyclic) bond motifs is 1. The highest BCUT2D eigenvalue weighted by Gasteiger charge is 2.23. The van der Waals surface area contributed by atoms with Gasteiger partial charge in [0, 0.05) is 24.2 Å². The lowest BCUT2D eigenvalue weighted by Gasteiger charge is -2.14. The van der Waals surface area contributed by atoms with E-state index in [0.29, 0.717) is 29.4 Å². The number of carbonyl (C=O) groups is 1. The van der Waals surface area contributed by atoms with Gasteiger partial charge in [-0.3, -0.25) is 14.9 Å². The molecule has 2 aromatic rings. The van der Waals surface area contributed by atoms with Crippen molar-refractivity contribution in [2.75, 3.05) is 6.79 Å². The zero-order valence-corrected chi connectivity index (χ0v) is 14.6. The Morgan fingerprint density at radius 3 is 2.85 bits per heavy atom. The molecule has 0 saturated carbocycles. The van der Waals surface area contributed by atoms with Crippen molar-refractivity contribution in [1.82, 2.24) is 5.32 Å². The highest BCUT2D eigenvalue weighted by atomic mass is 16.7. The average Bonchev–Trinajstić information content (AvgIpc) is 3.15. The van der Waals surface area contributed by atoms with Crippen LogP contribution >= 0.6 is 0 Å². The lowest BCUT2D eigenvalue weighted by molar-refractivity contribution is -0.384. The Hall–Kier alpha value is -3.33. The predicted octanol–water partition coefficient (Wildman–Crippen LogP) is 1.87. The maximum atomic E-state index is 11.1. The number of hydrogen-bond donors (Lipinski definition) is 2. The second-order valence-electron chi connectivity index (χ2n) is 6.01. The molecule has 0 aliphatic carbocycles. The SMILES string of the molecule is CC(NCc1ccc(OCc2cccc([N+](=O)[O-])c2)c2c1OCO2)C(N)=O. The second kappa shape index (κ2) is 7.92. The van der Waals surface area contributed by atoms with Gasteiger partial charge in [0.1, 0.15) is 6.61 Å². The Balaban J connectivity index is 1.72. The van der Waals surface area contributed by atoms with E-state index in [1.165, 1.54) is 12.1 Å². The first kappa shape index (κ1) is 18.5. The summed E-state index contributed by atoms with van der Waals surface area (Å²) in [4.78, 5) is 21.5. The highest BCUT2D eigenvalue weighted by molar-refractivity contribution is 5.79. The number of nitrogens with two attached hydrogens (primary N) is 1. The quantitative estimate of drug-likeness (QED) is 0.534. The van der Waals surface area contributed by atoms with Crippen LogP contribution < -0.4 is 25.3 Å².